The molecule has 40 heteroatoms. The first kappa shape index (κ1) is 112. The Bertz CT molecular complexity index is 3250. The molecule has 8 aliphatic rings. The molecule has 0 aromatic heterocycles. The Morgan fingerprint density at radius 1 is 0.374 bits per heavy atom. The summed E-state index contributed by atoms with van der Waals surface area (Å²) in [6.45, 7) is 7.71. The molecule has 15 unspecified atom stereocenters. The molecule has 39 nitrogen and oxygen atoms in total. The standard InChI is InChI=1S/C91H154N11O28.Na/c1-59(108)96-78-84(122)81(119)67(54-103)128-87(78)125-47-19-12-22-70(111)92-37-15-4-8-25-74(115)99-41-30-64(31-42-99)91(36-29-73(114)95-40-18-7-11-28-77(118)102-52-62-50-90(57-106,58-107)51-63(62)53-102,65-32-43-100(44-33-65)75(116)26-9-5-16-38-93-71(112)23-13-20-48-126-88-79(97-60(2)109)85(123)82(120)68(55-104)129-88)66-34-45-101(46-35-66)76(117)27-10-6-17-39-94-72(113)24-14-21-49-127-89-80(98-61(3)110)86(124)83(121)69(56-105)130-89;/h64-69,78-89,103-106,119-124H,4-58H2,1-3H3,(H,92,111)(H,93,112)(H,94,113)(H,95,114)(H,96,108)(H,97,109)(H,98,110);/q-1;+1. The van der Waals surface area contributed by atoms with Gasteiger partial charge in [0.2, 0.25) is 65.0 Å². The predicted octanol–water partition coefficient (Wildman–Crippen LogP) is -4.16. The van der Waals surface area contributed by atoms with Gasteiger partial charge in [-0.3, -0.25) is 52.7 Å². The number of rotatable bonds is 56. The zero-order valence-corrected chi connectivity index (χ0v) is 79.9. The summed E-state index contributed by atoms with van der Waals surface area (Å²) in [6, 6.07) is -3.21. The first-order valence-corrected chi connectivity index (χ1v) is 48.1. The number of piperidine rings is 3. The molecule has 0 saturated carbocycles. The van der Waals surface area contributed by atoms with Crippen LogP contribution < -0.4 is 71.9 Å². The van der Waals surface area contributed by atoms with Crippen molar-refractivity contribution in [3.8, 4) is 0 Å². The number of carbonyl (C=O) groups is 11. The Morgan fingerprint density at radius 3 is 0.901 bits per heavy atom. The van der Waals surface area contributed by atoms with E-state index in [4.69, 9.17) is 28.4 Å². The smallest absolute Gasteiger partial charge is 0.854 e. The minimum absolute atomic E-state index is 0. The van der Waals surface area contributed by atoms with Crippen LogP contribution in [0.15, 0.2) is 11.1 Å². The Balaban J connectivity index is 0.0000235. The minimum Gasteiger partial charge on any atom is -0.854 e. The van der Waals surface area contributed by atoms with Crippen molar-refractivity contribution in [2.75, 3.05) is 131 Å². The van der Waals surface area contributed by atoms with E-state index in [9.17, 15) is 109 Å². The summed E-state index contributed by atoms with van der Waals surface area (Å²) in [7, 11) is 0. The Hall–Kier alpha value is -5.77. The quantitative estimate of drug-likeness (QED) is 0.0156. The number of carbonyl (C=O) groups excluding carboxylic acids is 11. The average molecular weight is 1870 g/mol. The third-order valence-electron chi connectivity index (χ3n) is 27.6. The molecule has 1 aliphatic carbocycles. The van der Waals surface area contributed by atoms with Gasteiger partial charge in [-0.15, -0.1) is 6.61 Å². The molecule has 0 aromatic rings. The van der Waals surface area contributed by atoms with Crippen LogP contribution in [-0.2, 0) is 81.2 Å². The van der Waals surface area contributed by atoms with Gasteiger partial charge >= 0.3 is 29.6 Å². The molecule has 0 aromatic carbocycles. The maximum absolute atomic E-state index is 14.4. The van der Waals surface area contributed by atoms with Gasteiger partial charge in [0.05, 0.1) is 19.8 Å². The number of hydrogen-bond donors (Lipinski definition) is 17. The zero-order valence-electron chi connectivity index (χ0n) is 77.9. The fourth-order valence-electron chi connectivity index (χ4n) is 20.3. The molecule has 6 saturated heterocycles. The molecule has 0 bridgehead atoms. The second-order valence-corrected chi connectivity index (χ2v) is 37.1. The van der Waals surface area contributed by atoms with Crippen molar-refractivity contribution in [2.45, 2.75) is 337 Å². The minimum atomic E-state index is -1.44. The predicted molar refractivity (Wildman–Crippen MR) is 468 cm³/mol. The van der Waals surface area contributed by atoms with E-state index in [2.05, 4.69) is 37.2 Å². The number of likely N-dealkylation sites (tertiary alicyclic amines) is 4. The van der Waals surface area contributed by atoms with Crippen molar-refractivity contribution in [1.29, 1.82) is 0 Å². The summed E-state index contributed by atoms with van der Waals surface area (Å²) in [6.07, 6.45) is 3.45. The molecule has 0 spiro atoms. The van der Waals surface area contributed by atoms with Gasteiger partial charge in [0.25, 0.3) is 0 Å². The van der Waals surface area contributed by atoms with Crippen LogP contribution in [0, 0.1) is 28.6 Å². The van der Waals surface area contributed by atoms with Gasteiger partial charge in [0.15, 0.2) is 18.9 Å². The number of nitrogens with one attached hydrogen (secondary N) is 7. The topological polar surface area (TPSA) is 566 Å². The van der Waals surface area contributed by atoms with E-state index in [0.29, 0.717) is 271 Å². The van der Waals surface area contributed by atoms with Gasteiger partial charge in [0.1, 0.15) is 73.1 Å². The molecule has 11 amide bonds. The summed E-state index contributed by atoms with van der Waals surface area (Å²) in [5, 5.41) is 133. The molecule has 8 rings (SSSR count). The van der Waals surface area contributed by atoms with E-state index >= 15 is 0 Å². The van der Waals surface area contributed by atoms with Crippen LogP contribution in [0.4, 0.5) is 0 Å². The molecule has 7 aliphatic heterocycles. The number of aliphatic hydroxyl groups excluding tert-OH is 10. The van der Waals surface area contributed by atoms with Crippen LogP contribution in [0.2, 0.25) is 0 Å². The third-order valence-corrected chi connectivity index (χ3v) is 27.6. The number of unbranched alkanes of at least 4 members (excludes halogenated alkanes) is 11. The third kappa shape index (κ3) is 35.0. The molecule has 17 N–H and O–H groups in total. The summed E-state index contributed by atoms with van der Waals surface area (Å²) in [5.74, 6) is -1.46. The van der Waals surface area contributed by atoms with Crippen molar-refractivity contribution in [3.63, 3.8) is 0 Å². The molecule has 742 valence electrons. The van der Waals surface area contributed by atoms with E-state index in [1.54, 1.807) is 0 Å². The van der Waals surface area contributed by atoms with Gasteiger partial charge in [-0.1, -0.05) is 25.7 Å². The fraction of sp³-hybridized carbons (Fsp3) is 0.857. The second kappa shape index (κ2) is 58.7. The summed E-state index contributed by atoms with van der Waals surface area (Å²) >= 11 is 0. The monoisotopic (exact) mass is 1870 g/mol. The number of amides is 11. The number of ether oxygens (including phenoxy) is 6. The summed E-state index contributed by atoms with van der Waals surface area (Å²) < 4.78 is 34.2. The number of hydrogen-bond acceptors (Lipinski definition) is 28. The SMILES string of the molecule is CC(=O)NC1C(OCCCCC(=O)NCCCCCC(=O)N2CCC(C(CCC(=O)NCCCCCC(=O)N3CC4=C(C3)CC(C[O-])(CO)C4)(C3CCN(C(=O)CCCCCNC(=O)CCCCOC4OC(CO)C(O)C(O)C4NC(C)=O)CC3)C3CCN(C(=O)CCCCCNC(=O)CCCCOC4OC(CO)C(O)C(O)C4NC(C)=O)CC3)CC2)OC(CO)C(O)C1O.[Na+]. The van der Waals surface area contributed by atoms with Crippen molar-refractivity contribution in [3.05, 3.63) is 11.1 Å². The largest absolute Gasteiger partial charge is 1.00 e. The van der Waals surface area contributed by atoms with Gasteiger partial charge in [-0.2, -0.15) is 0 Å². The van der Waals surface area contributed by atoms with Crippen LogP contribution in [0.1, 0.15) is 245 Å². The zero-order chi connectivity index (χ0) is 94.3. The van der Waals surface area contributed by atoms with E-state index in [1.807, 2.05) is 19.6 Å². The van der Waals surface area contributed by atoms with Crippen molar-refractivity contribution in [1.82, 2.24) is 56.8 Å². The summed E-state index contributed by atoms with van der Waals surface area (Å²) in [4.78, 5) is 152. The van der Waals surface area contributed by atoms with Gasteiger partial charge in [0, 0.05) is 177 Å². The Morgan fingerprint density at radius 2 is 0.641 bits per heavy atom. The van der Waals surface area contributed by atoms with Crippen LogP contribution >= 0.6 is 0 Å². The van der Waals surface area contributed by atoms with E-state index in [0.717, 1.165) is 17.6 Å². The normalized spacial score (nSPS) is 26.5. The van der Waals surface area contributed by atoms with Crippen molar-refractivity contribution >= 4 is 65.0 Å². The van der Waals surface area contributed by atoms with Crippen LogP contribution in [0.3, 0.4) is 0 Å². The first-order chi connectivity index (χ1) is 62.5. The number of aliphatic hydroxyl groups is 10. The van der Waals surface area contributed by atoms with E-state index in [1.165, 1.54) is 20.8 Å². The Kier molecular flexibility index (Phi) is 50.3. The van der Waals surface area contributed by atoms with Crippen LogP contribution in [-0.4, -0.2) is 359 Å². The summed E-state index contributed by atoms with van der Waals surface area (Å²) in [5.41, 5.74) is 1.11. The molecule has 0 radical (unpaired) electrons. The average Bonchev–Trinajstić information content (AvgIpc) is 1.54. The van der Waals surface area contributed by atoms with Crippen molar-refractivity contribution in [2.24, 2.45) is 28.6 Å². The van der Waals surface area contributed by atoms with Gasteiger partial charge in [-0.25, -0.2) is 0 Å². The molecule has 7 heterocycles. The van der Waals surface area contributed by atoms with Crippen molar-refractivity contribution < 1.29 is 167 Å². The number of nitrogens with zero attached hydrogens (tertiary/aromatic N) is 4. The van der Waals surface area contributed by atoms with Gasteiger partial charge in [-0.05, 0) is 187 Å². The molecule has 15 atom stereocenters. The maximum Gasteiger partial charge on any atom is 1.00 e. The van der Waals surface area contributed by atoms with Crippen LogP contribution in [0.25, 0.3) is 0 Å². The van der Waals surface area contributed by atoms with E-state index in [-0.39, 0.29) is 153 Å². The molecular weight excluding hydrogens is 1720 g/mol. The Labute approximate surface area is 792 Å². The molecule has 6 fully saturated rings. The van der Waals surface area contributed by atoms with E-state index < -0.39 is 140 Å². The first-order valence-electron chi connectivity index (χ1n) is 48.1. The van der Waals surface area contributed by atoms with Crippen LogP contribution in [0.5, 0.6) is 0 Å². The van der Waals surface area contributed by atoms with Gasteiger partial charge < -0.3 is 141 Å². The molecular formula is C91H154N11NaO28. The fourth-order valence-corrected chi connectivity index (χ4v) is 20.3. The second-order valence-electron chi connectivity index (χ2n) is 37.1. The maximum atomic E-state index is 14.4. The molecule has 131 heavy (non-hydrogen) atoms.